The Morgan fingerprint density at radius 1 is 1.47 bits per heavy atom. The third kappa shape index (κ3) is 6.21. The van der Waals surface area contributed by atoms with Gasteiger partial charge in [0.05, 0.1) is 0 Å². The molecule has 1 rings (SSSR count). The first-order chi connectivity index (χ1) is 8.99. The fourth-order valence-corrected chi connectivity index (χ4v) is 2.13. The van der Waals surface area contributed by atoms with Gasteiger partial charge in [-0.3, -0.25) is 9.59 Å². The molecule has 0 heterocycles. The molecule has 0 radical (unpaired) electrons. The molecule has 0 bridgehead atoms. The van der Waals surface area contributed by atoms with Gasteiger partial charge in [0.2, 0.25) is 5.91 Å². The second-order valence-electron chi connectivity index (χ2n) is 3.83. The van der Waals surface area contributed by atoms with Crippen LogP contribution >= 0.6 is 11.8 Å². The molecule has 1 amide bonds. The van der Waals surface area contributed by atoms with Gasteiger partial charge in [-0.25, -0.2) is 4.39 Å². The molecule has 19 heavy (non-hydrogen) atoms. The Labute approximate surface area is 114 Å². The normalized spacial score (nSPS) is 11.9. The number of nitrogens with two attached hydrogens (primary N) is 1. The number of carboxylic acids is 1. The number of nitrogens with one attached hydrogen (secondary N) is 1. The largest absolute Gasteiger partial charge is 0.480 e. The molecule has 0 fully saturated rings. The average molecular weight is 286 g/mol. The van der Waals surface area contributed by atoms with E-state index in [9.17, 15) is 14.0 Å². The number of rotatable bonds is 7. The van der Waals surface area contributed by atoms with E-state index in [1.165, 1.54) is 30.0 Å². The molecule has 0 aromatic heterocycles. The van der Waals surface area contributed by atoms with Crippen LogP contribution in [0.3, 0.4) is 0 Å². The number of amides is 1. The summed E-state index contributed by atoms with van der Waals surface area (Å²) >= 11 is 1.29. The molecular formula is C12H15FN2O3S. The molecule has 1 atom stereocenters. The van der Waals surface area contributed by atoms with Gasteiger partial charge in [-0.05, 0) is 18.2 Å². The van der Waals surface area contributed by atoms with Gasteiger partial charge in [-0.15, -0.1) is 0 Å². The van der Waals surface area contributed by atoms with Crippen molar-refractivity contribution in [3.63, 3.8) is 0 Å². The van der Waals surface area contributed by atoms with Crippen molar-refractivity contribution >= 4 is 29.3 Å². The van der Waals surface area contributed by atoms with Crippen LogP contribution in [0.1, 0.15) is 6.42 Å². The molecule has 0 saturated carbocycles. The number of hydrogen-bond donors (Lipinski definition) is 3. The monoisotopic (exact) mass is 286 g/mol. The van der Waals surface area contributed by atoms with Crippen LogP contribution in [0.15, 0.2) is 24.3 Å². The predicted molar refractivity (Wildman–Crippen MR) is 72.6 cm³/mol. The number of carboxylic acid groups (broad SMARTS) is 1. The Bertz CT molecular complexity index is 456. The molecule has 0 aliphatic heterocycles. The number of carbonyl (C=O) groups excluding carboxylic acids is 1. The van der Waals surface area contributed by atoms with Crippen molar-refractivity contribution in [3.8, 4) is 0 Å². The third-order valence-electron chi connectivity index (χ3n) is 2.20. The van der Waals surface area contributed by atoms with Crippen molar-refractivity contribution in [1.29, 1.82) is 0 Å². The molecule has 104 valence electrons. The fourth-order valence-electron chi connectivity index (χ4n) is 1.24. The first-order valence-corrected chi connectivity index (χ1v) is 6.76. The number of hydrogen-bond acceptors (Lipinski definition) is 4. The van der Waals surface area contributed by atoms with Crippen LogP contribution in [-0.2, 0) is 9.59 Å². The number of benzene rings is 1. The SMILES string of the molecule is N[C@@H](CSCCC(=O)Nc1cccc(F)c1)C(=O)O. The van der Waals surface area contributed by atoms with Gasteiger partial charge in [0.25, 0.3) is 0 Å². The molecule has 0 unspecified atom stereocenters. The van der Waals surface area contributed by atoms with E-state index in [4.69, 9.17) is 10.8 Å². The van der Waals surface area contributed by atoms with Gasteiger partial charge in [-0.2, -0.15) is 11.8 Å². The van der Waals surface area contributed by atoms with Gasteiger partial charge in [0.1, 0.15) is 11.9 Å². The highest BCUT2D eigenvalue weighted by molar-refractivity contribution is 7.99. The lowest BCUT2D eigenvalue weighted by Crippen LogP contribution is -2.32. The van der Waals surface area contributed by atoms with Crippen molar-refractivity contribution in [2.75, 3.05) is 16.8 Å². The van der Waals surface area contributed by atoms with Crippen LogP contribution in [0.5, 0.6) is 0 Å². The van der Waals surface area contributed by atoms with E-state index in [0.717, 1.165) is 0 Å². The van der Waals surface area contributed by atoms with Crippen LogP contribution in [-0.4, -0.2) is 34.5 Å². The molecule has 0 spiro atoms. The van der Waals surface area contributed by atoms with E-state index < -0.39 is 17.8 Å². The number of halogens is 1. The molecule has 0 saturated heterocycles. The summed E-state index contributed by atoms with van der Waals surface area (Å²) in [6.07, 6.45) is 0.216. The lowest BCUT2D eigenvalue weighted by Gasteiger charge is -2.07. The summed E-state index contributed by atoms with van der Waals surface area (Å²) in [6.45, 7) is 0. The standard InChI is InChI=1S/C12H15FN2O3S/c13-8-2-1-3-9(6-8)15-11(16)4-5-19-7-10(14)12(17)18/h1-3,6,10H,4-5,7,14H2,(H,15,16)(H,17,18)/t10-/m0/s1. The van der Waals surface area contributed by atoms with Gasteiger partial charge in [0, 0.05) is 23.6 Å². The summed E-state index contributed by atoms with van der Waals surface area (Å²) < 4.78 is 12.9. The highest BCUT2D eigenvalue weighted by Crippen LogP contribution is 2.10. The summed E-state index contributed by atoms with van der Waals surface area (Å²) in [5.41, 5.74) is 5.71. The minimum absolute atomic E-state index is 0.216. The van der Waals surface area contributed by atoms with Crippen molar-refractivity contribution in [2.24, 2.45) is 5.73 Å². The lowest BCUT2D eigenvalue weighted by atomic mass is 10.3. The number of anilines is 1. The number of thioether (sulfide) groups is 1. The molecule has 4 N–H and O–H groups in total. The second kappa shape index (κ2) is 7.75. The highest BCUT2D eigenvalue weighted by Gasteiger charge is 2.11. The Kier molecular flexibility index (Phi) is 6.31. The van der Waals surface area contributed by atoms with Gasteiger partial charge >= 0.3 is 5.97 Å². The Balaban J connectivity index is 2.23. The van der Waals surface area contributed by atoms with Crippen molar-refractivity contribution in [1.82, 2.24) is 0 Å². The Morgan fingerprint density at radius 2 is 2.21 bits per heavy atom. The van der Waals surface area contributed by atoms with Crippen LogP contribution < -0.4 is 11.1 Å². The summed E-state index contributed by atoms with van der Waals surface area (Å²) in [5.74, 6) is -1.01. The second-order valence-corrected chi connectivity index (χ2v) is 4.98. The van der Waals surface area contributed by atoms with Crippen LogP contribution in [0.4, 0.5) is 10.1 Å². The maximum absolute atomic E-state index is 12.9. The summed E-state index contributed by atoms with van der Waals surface area (Å²) in [6, 6.07) is 4.70. The molecule has 1 aromatic carbocycles. The zero-order valence-corrected chi connectivity index (χ0v) is 11.0. The van der Waals surface area contributed by atoms with Crippen LogP contribution in [0.25, 0.3) is 0 Å². The fraction of sp³-hybridized carbons (Fsp3) is 0.333. The molecular weight excluding hydrogens is 271 g/mol. The van der Waals surface area contributed by atoms with E-state index >= 15 is 0 Å². The van der Waals surface area contributed by atoms with E-state index in [-0.39, 0.29) is 18.1 Å². The topological polar surface area (TPSA) is 92.4 Å². The van der Waals surface area contributed by atoms with Gasteiger partial charge in [0.15, 0.2) is 0 Å². The van der Waals surface area contributed by atoms with Crippen LogP contribution in [0, 0.1) is 5.82 Å². The molecule has 7 heteroatoms. The summed E-state index contributed by atoms with van der Waals surface area (Å²) in [5, 5.41) is 11.1. The zero-order valence-electron chi connectivity index (χ0n) is 10.1. The Hall–Kier alpha value is -1.60. The number of carbonyl (C=O) groups is 2. The van der Waals surface area contributed by atoms with E-state index in [0.29, 0.717) is 11.4 Å². The van der Waals surface area contributed by atoms with E-state index in [1.54, 1.807) is 6.07 Å². The highest BCUT2D eigenvalue weighted by atomic mass is 32.2. The molecule has 1 aromatic rings. The maximum Gasteiger partial charge on any atom is 0.321 e. The van der Waals surface area contributed by atoms with Gasteiger partial charge in [-0.1, -0.05) is 6.07 Å². The first kappa shape index (κ1) is 15.5. The molecule has 0 aliphatic carbocycles. The summed E-state index contributed by atoms with van der Waals surface area (Å²) in [7, 11) is 0. The first-order valence-electron chi connectivity index (χ1n) is 5.60. The van der Waals surface area contributed by atoms with Crippen molar-refractivity contribution in [3.05, 3.63) is 30.1 Å². The average Bonchev–Trinajstić information content (AvgIpc) is 2.34. The molecule has 5 nitrogen and oxygen atoms in total. The lowest BCUT2D eigenvalue weighted by molar-refractivity contribution is -0.137. The third-order valence-corrected chi connectivity index (χ3v) is 3.28. The minimum atomic E-state index is -1.06. The van der Waals surface area contributed by atoms with E-state index in [2.05, 4.69) is 5.32 Å². The smallest absolute Gasteiger partial charge is 0.321 e. The predicted octanol–water partition coefficient (Wildman–Crippen LogP) is 1.30. The summed E-state index contributed by atoms with van der Waals surface area (Å²) in [4.78, 5) is 22.0. The van der Waals surface area contributed by atoms with E-state index in [1.807, 2.05) is 0 Å². The zero-order chi connectivity index (χ0) is 14.3. The molecule has 0 aliphatic rings. The Morgan fingerprint density at radius 3 is 2.84 bits per heavy atom. The number of aliphatic carboxylic acids is 1. The quantitative estimate of drug-likeness (QED) is 0.657. The van der Waals surface area contributed by atoms with Crippen molar-refractivity contribution < 1.29 is 19.1 Å². The van der Waals surface area contributed by atoms with Crippen LogP contribution in [0.2, 0.25) is 0 Å². The van der Waals surface area contributed by atoms with Crippen molar-refractivity contribution in [2.45, 2.75) is 12.5 Å². The maximum atomic E-state index is 12.9. The minimum Gasteiger partial charge on any atom is -0.480 e. The van der Waals surface area contributed by atoms with Gasteiger partial charge < -0.3 is 16.2 Å².